The quantitative estimate of drug-likeness (QED) is 0.806. The maximum Gasteiger partial charge on any atom is 0.224 e. The van der Waals surface area contributed by atoms with Crippen LogP contribution in [0.25, 0.3) is 0 Å². The van der Waals surface area contributed by atoms with Gasteiger partial charge in [-0.25, -0.2) is 0 Å². The molecule has 2 rings (SSSR count). The molecule has 98 valence electrons. The summed E-state index contributed by atoms with van der Waals surface area (Å²) in [5.41, 5.74) is 7.69. The van der Waals surface area contributed by atoms with Crippen LogP contribution in [0.1, 0.15) is 37.3 Å². The molecule has 0 spiro atoms. The van der Waals surface area contributed by atoms with E-state index in [4.69, 9.17) is 5.73 Å². The first kappa shape index (κ1) is 13.1. The van der Waals surface area contributed by atoms with Crippen LogP contribution in [-0.2, 0) is 17.8 Å². The highest BCUT2D eigenvalue weighted by Gasteiger charge is 2.36. The van der Waals surface area contributed by atoms with Crippen LogP contribution in [0.2, 0.25) is 0 Å². The molecule has 0 aromatic heterocycles. The van der Waals surface area contributed by atoms with E-state index in [0.717, 1.165) is 23.5 Å². The first-order valence-corrected chi connectivity index (χ1v) is 6.80. The molecule has 1 amide bonds. The van der Waals surface area contributed by atoms with Crippen molar-refractivity contribution in [3.05, 3.63) is 35.4 Å². The first-order chi connectivity index (χ1) is 8.72. The van der Waals surface area contributed by atoms with Crippen molar-refractivity contribution in [2.75, 3.05) is 0 Å². The SMILES string of the molecule is CCCC1CC1NC(=O)Cc1ccc(CN)cc1. The molecule has 3 heteroatoms. The second-order valence-corrected chi connectivity index (χ2v) is 5.16. The Morgan fingerprint density at radius 2 is 2.00 bits per heavy atom. The monoisotopic (exact) mass is 246 g/mol. The summed E-state index contributed by atoms with van der Waals surface area (Å²) in [5, 5.41) is 3.10. The van der Waals surface area contributed by atoms with Gasteiger partial charge < -0.3 is 11.1 Å². The zero-order valence-electron chi connectivity index (χ0n) is 11.0. The van der Waals surface area contributed by atoms with Crippen LogP contribution in [0.15, 0.2) is 24.3 Å². The zero-order valence-corrected chi connectivity index (χ0v) is 11.0. The number of hydrogen-bond donors (Lipinski definition) is 2. The van der Waals surface area contributed by atoms with Crippen molar-refractivity contribution in [1.29, 1.82) is 0 Å². The molecule has 1 saturated carbocycles. The number of benzene rings is 1. The smallest absolute Gasteiger partial charge is 0.224 e. The number of nitrogens with two attached hydrogens (primary N) is 1. The summed E-state index contributed by atoms with van der Waals surface area (Å²) in [7, 11) is 0. The maximum atomic E-state index is 11.8. The highest BCUT2D eigenvalue weighted by atomic mass is 16.1. The highest BCUT2D eigenvalue weighted by molar-refractivity contribution is 5.79. The predicted molar refractivity (Wildman–Crippen MR) is 73.0 cm³/mol. The van der Waals surface area contributed by atoms with Gasteiger partial charge in [-0.3, -0.25) is 4.79 Å². The van der Waals surface area contributed by atoms with Gasteiger partial charge in [-0.2, -0.15) is 0 Å². The minimum Gasteiger partial charge on any atom is -0.353 e. The van der Waals surface area contributed by atoms with Crippen molar-refractivity contribution >= 4 is 5.91 Å². The number of nitrogens with one attached hydrogen (secondary N) is 1. The molecule has 0 radical (unpaired) electrons. The average Bonchev–Trinajstić information content (AvgIpc) is 3.08. The Morgan fingerprint density at radius 1 is 1.33 bits per heavy atom. The van der Waals surface area contributed by atoms with Crippen molar-refractivity contribution in [3.8, 4) is 0 Å². The first-order valence-electron chi connectivity index (χ1n) is 6.80. The zero-order chi connectivity index (χ0) is 13.0. The summed E-state index contributed by atoms with van der Waals surface area (Å²) < 4.78 is 0. The van der Waals surface area contributed by atoms with Crippen LogP contribution in [0.3, 0.4) is 0 Å². The van der Waals surface area contributed by atoms with E-state index < -0.39 is 0 Å². The van der Waals surface area contributed by atoms with Gasteiger partial charge in [0.2, 0.25) is 5.91 Å². The Bertz CT molecular complexity index is 399. The number of amides is 1. The lowest BCUT2D eigenvalue weighted by molar-refractivity contribution is -0.120. The van der Waals surface area contributed by atoms with E-state index in [2.05, 4.69) is 12.2 Å². The van der Waals surface area contributed by atoms with Crippen molar-refractivity contribution in [1.82, 2.24) is 5.32 Å². The molecule has 1 aromatic carbocycles. The molecule has 1 aliphatic carbocycles. The Balaban J connectivity index is 1.77. The van der Waals surface area contributed by atoms with E-state index in [1.165, 1.54) is 12.8 Å². The van der Waals surface area contributed by atoms with E-state index in [9.17, 15) is 4.79 Å². The molecule has 3 N–H and O–H groups in total. The van der Waals surface area contributed by atoms with E-state index in [1.807, 2.05) is 24.3 Å². The number of hydrogen-bond acceptors (Lipinski definition) is 2. The lowest BCUT2D eigenvalue weighted by atomic mass is 10.1. The summed E-state index contributed by atoms with van der Waals surface area (Å²) in [4.78, 5) is 11.8. The summed E-state index contributed by atoms with van der Waals surface area (Å²) in [5.74, 6) is 0.859. The molecule has 3 nitrogen and oxygen atoms in total. The normalized spacial score (nSPS) is 21.7. The fraction of sp³-hybridized carbons (Fsp3) is 0.533. The third-order valence-electron chi connectivity index (χ3n) is 3.55. The molecule has 18 heavy (non-hydrogen) atoms. The van der Waals surface area contributed by atoms with Crippen molar-refractivity contribution in [2.24, 2.45) is 11.7 Å². The van der Waals surface area contributed by atoms with Gasteiger partial charge in [0.1, 0.15) is 0 Å². The van der Waals surface area contributed by atoms with Crippen LogP contribution in [-0.4, -0.2) is 11.9 Å². The highest BCUT2D eigenvalue weighted by Crippen LogP contribution is 2.34. The predicted octanol–water partition coefficient (Wildman–Crippen LogP) is 1.99. The van der Waals surface area contributed by atoms with Gasteiger partial charge in [0, 0.05) is 12.6 Å². The van der Waals surface area contributed by atoms with Crippen LogP contribution in [0, 0.1) is 5.92 Å². The fourth-order valence-electron chi connectivity index (χ4n) is 2.35. The van der Waals surface area contributed by atoms with Gasteiger partial charge in [-0.1, -0.05) is 37.6 Å². The Morgan fingerprint density at radius 3 is 2.61 bits per heavy atom. The molecule has 0 saturated heterocycles. The van der Waals surface area contributed by atoms with Crippen LogP contribution in [0.5, 0.6) is 0 Å². The van der Waals surface area contributed by atoms with Gasteiger partial charge in [-0.15, -0.1) is 0 Å². The van der Waals surface area contributed by atoms with Crippen molar-refractivity contribution in [2.45, 2.75) is 45.2 Å². The Hall–Kier alpha value is -1.35. The number of carbonyl (C=O) groups is 1. The van der Waals surface area contributed by atoms with Gasteiger partial charge in [-0.05, 0) is 29.9 Å². The summed E-state index contributed by atoms with van der Waals surface area (Å²) in [6, 6.07) is 8.37. The summed E-state index contributed by atoms with van der Waals surface area (Å²) in [6.07, 6.45) is 4.07. The minimum absolute atomic E-state index is 0.138. The summed E-state index contributed by atoms with van der Waals surface area (Å²) in [6.45, 7) is 2.74. The molecule has 1 fully saturated rings. The van der Waals surface area contributed by atoms with Crippen molar-refractivity contribution in [3.63, 3.8) is 0 Å². The van der Waals surface area contributed by atoms with E-state index in [0.29, 0.717) is 19.0 Å². The fourth-order valence-corrected chi connectivity index (χ4v) is 2.35. The van der Waals surface area contributed by atoms with E-state index in [1.54, 1.807) is 0 Å². The summed E-state index contributed by atoms with van der Waals surface area (Å²) >= 11 is 0. The Labute approximate surface area is 109 Å². The van der Waals surface area contributed by atoms with Crippen LogP contribution in [0.4, 0.5) is 0 Å². The van der Waals surface area contributed by atoms with Gasteiger partial charge in [0.05, 0.1) is 6.42 Å². The van der Waals surface area contributed by atoms with Crippen LogP contribution >= 0.6 is 0 Å². The largest absolute Gasteiger partial charge is 0.353 e. The molecule has 2 atom stereocenters. The molecule has 0 bridgehead atoms. The Kier molecular flexibility index (Phi) is 4.37. The lowest BCUT2D eigenvalue weighted by Crippen LogP contribution is -2.28. The maximum absolute atomic E-state index is 11.8. The van der Waals surface area contributed by atoms with Gasteiger partial charge in [0.15, 0.2) is 0 Å². The standard InChI is InChI=1S/C15H22N2O/c1-2-3-13-9-14(13)17-15(18)8-11-4-6-12(10-16)7-5-11/h4-7,13-14H,2-3,8-10,16H2,1H3,(H,17,18). The third kappa shape index (κ3) is 3.57. The molecule has 0 aliphatic heterocycles. The lowest BCUT2D eigenvalue weighted by Gasteiger charge is -2.05. The van der Waals surface area contributed by atoms with Crippen LogP contribution < -0.4 is 11.1 Å². The topological polar surface area (TPSA) is 55.1 Å². The van der Waals surface area contributed by atoms with Gasteiger partial charge >= 0.3 is 0 Å². The number of carbonyl (C=O) groups excluding carboxylic acids is 1. The minimum atomic E-state index is 0.138. The van der Waals surface area contributed by atoms with Crippen molar-refractivity contribution < 1.29 is 4.79 Å². The van der Waals surface area contributed by atoms with E-state index in [-0.39, 0.29) is 5.91 Å². The second-order valence-electron chi connectivity index (χ2n) is 5.16. The molecule has 1 aliphatic rings. The third-order valence-corrected chi connectivity index (χ3v) is 3.55. The van der Waals surface area contributed by atoms with Gasteiger partial charge in [0.25, 0.3) is 0 Å². The number of rotatable bonds is 6. The average molecular weight is 246 g/mol. The molecule has 0 heterocycles. The molecule has 1 aromatic rings. The van der Waals surface area contributed by atoms with E-state index >= 15 is 0 Å². The second kappa shape index (κ2) is 6.01. The molecular weight excluding hydrogens is 224 g/mol. The molecule has 2 unspecified atom stereocenters. The molecular formula is C15H22N2O.